The van der Waals surface area contributed by atoms with Gasteiger partial charge in [0.25, 0.3) is 0 Å². The van der Waals surface area contributed by atoms with Crippen molar-refractivity contribution in [2.45, 2.75) is 51.7 Å². The Bertz CT molecular complexity index is 614. The molecule has 2 aliphatic rings. The Morgan fingerprint density at radius 3 is 2.86 bits per heavy atom. The molecule has 1 saturated carbocycles. The zero-order valence-electron chi connectivity index (χ0n) is 13.2. The summed E-state index contributed by atoms with van der Waals surface area (Å²) in [5.41, 5.74) is -0.720. The minimum Gasteiger partial charge on any atom is -0.337 e. The number of hydrogen-bond donors (Lipinski definition) is 1. The molecule has 1 amide bonds. The fourth-order valence-corrected chi connectivity index (χ4v) is 3.08. The minimum atomic E-state index is -0.720. The first-order valence-corrected chi connectivity index (χ1v) is 7.91. The summed E-state index contributed by atoms with van der Waals surface area (Å²) in [5, 5.41) is 20.6. The molecule has 1 aromatic rings. The van der Waals surface area contributed by atoms with Gasteiger partial charge >= 0.3 is 0 Å². The van der Waals surface area contributed by atoms with Crippen LogP contribution in [-0.4, -0.2) is 44.2 Å². The van der Waals surface area contributed by atoms with Crippen molar-refractivity contribution < 1.29 is 4.79 Å². The Labute approximate surface area is 130 Å². The Kier molecular flexibility index (Phi) is 3.87. The van der Waals surface area contributed by atoms with Crippen LogP contribution in [0.5, 0.6) is 0 Å². The van der Waals surface area contributed by atoms with E-state index in [2.05, 4.69) is 38.0 Å². The molecule has 1 unspecified atom stereocenters. The van der Waals surface area contributed by atoms with E-state index in [9.17, 15) is 10.1 Å². The largest absolute Gasteiger partial charge is 0.337 e. The van der Waals surface area contributed by atoms with Crippen LogP contribution >= 0.6 is 0 Å². The number of nitriles is 1. The fourth-order valence-electron chi connectivity index (χ4n) is 3.08. The zero-order valence-corrected chi connectivity index (χ0v) is 13.2. The molecule has 1 fully saturated rings. The number of carbonyl (C=O) groups is 1. The molecule has 1 aromatic heterocycles. The third-order valence-corrected chi connectivity index (χ3v) is 4.62. The lowest BCUT2D eigenvalue weighted by Gasteiger charge is -2.29. The maximum Gasteiger partial charge on any atom is 0.235 e. The molecular weight excluding hydrogens is 280 g/mol. The second-order valence-electron chi connectivity index (χ2n) is 6.38. The summed E-state index contributed by atoms with van der Waals surface area (Å²) in [6, 6.07) is 2.26. The van der Waals surface area contributed by atoms with Gasteiger partial charge in [-0.15, -0.1) is 10.2 Å². The van der Waals surface area contributed by atoms with Crippen molar-refractivity contribution in [3.05, 3.63) is 11.6 Å². The van der Waals surface area contributed by atoms with E-state index >= 15 is 0 Å². The van der Waals surface area contributed by atoms with Gasteiger partial charge in [0.2, 0.25) is 5.91 Å². The number of aryl methyl sites for hydroxylation is 1. The van der Waals surface area contributed by atoms with Crippen LogP contribution in [0.3, 0.4) is 0 Å². The van der Waals surface area contributed by atoms with E-state index < -0.39 is 5.54 Å². The molecule has 7 heteroatoms. The first kappa shape index (κ1) is 15.0. The van der Waals surface area contributed by atoms with E-state index in [-0.39, 0.29) is 5.91 Å². The van der Waals surface area contributed by atoms with Gasteiger partial charge in [-0.3, -0.25) is 9.69 Å². The van der Waals surface area contributed by atoms with Crippen molar-refractivity contribution in [2.24, 2.45) is 5.92 Å². The molecule has 7 nitrogen and oxygen atoms in total. The smallest absolute Gasteiger partial charge is 0.235 e. The average molecular weight is 302 g/mol. The highest BCUT2D eigenvalue weighted by Gasteiger charge is 2.43. The number of rotatable bonds is 5. The molecule has 22 heavy (non-hydrogen) atoms. The van der Waals surface area contributed by atoms with Crippen LogP contribution in [0.25, 0.3) is 0 Å². The van der Waals surface area contributed by atoms with Gasteiger partial charge in [-0.1, -0.05) is 6.92 Å². The minimum absolute atomic E-state index is 0.0837. The molecular formula is C15H22N6O. The molecule has 1 aliphatic carbocycles. The van der Waals surface area contributed by atoms with Gasteiger partial charge in [0, 0.05) is 19.5 Å². The monoisotopic (exact) mass is 302 g/mol. The molecule has 1 aliphatic heterocycles. The Hall–Kier alpha value is -1.94. The van der Waals surface area contributed by atoms with Crippen LogP contribution in [-0.2, 0) is 24.3 Å². The summed E-state index contributed by atoms with van der Waals surface area (Å²) in [6.45, 7) is 6.45. The van der Waals surface area contributed by atoms with Crippen molar-refractivity contribution in [3.8, 4) is 6.07 Å². The lowest BCUT2D eigenvalue weighted by Crippen LogP contribution is -2.51. The standard InChI is InChI=1S/C15H22N6O/c1-3-12-18-19-13-8-20(6-7-21(12)13)9-14(22)17-15(2,10-16)11-4-5-11/h11H,3-9H2,1-2H3,(H,17,22). The molecule has 0 spiro atoms. The van der Waals surface area contributed by atoms with Crippen molar-refractivity contribution in [1.82, 2.24) is 25.0 Å². The first-order valence-electron chi connectivity index (χ1n) is 7.91. The maximum atomic E-state index is 12.2. The number of nitrogens with zero attached hydrogens (tertiary/aromatic N) is 5. The van der Waals surface area contributed by atoms with Crippen LogP contribution in [0.1, 0.15) is 38.3 Å². The SMILES string of the molecule is CCc1nnc2n1CCN(CC(=O)NC(C)(C#N)C1CC1)C2. The number of aromatic nitrogens is 3. The van der Waals surface area contributed by atoms with Crippen molar-refractivity contribution in [2.75, 3.05) is 13.1 Å². The normalized spacial score (nSPS) is 20.8. The number of nitrogens with one attached hydrogen (secondary N) is 1. The molecule has 118 valence electrons. The van der Waals surface area contributed by atoms with Crippen molar-refractivity contribution in [3.63, 3.8) is 0 Å². The number of carbonyl (C=O) groups excluding carboxylic acids is 1. The topological polar surface area (TPSA) is 86.8 Å². The van der Waals surface area contributed by atoms with Crippen LogP contribution < -0.4 is 5.32 Å². The molecule has 0 aromatic carbocycles. The third-order valence-electron chi connectivity index (χ3n) is 4.62. The summed E-state index contributed by atoms with van der Waals surface area (Å²) in [4.78, 5) is 14.3. The second-order valence-corrected chi connectivity index (χ2v) is 6.38. The van der Waals surface area contributed by atoms with Crippen molar-refractivity contribution >= 4 is 5.91 Å². The maximum absolute atomic E-state index is 12.2. The summed E-state index contributed by atoms with van der Waals surface area (Å²) in [5.74, 6) is 2.14. The van der Waals surface area contributed by atoms with Crippen LogP contribution in [0.2, 0.25) is 0 Å². The third kappa shape index (κ3) is 2.83. The lowest BCUT2D eigenvalue weighted by molar-refractivity contribution is -0.124. The highest BCUT2D eigenvalue weighted by molar-refractivity contribution is 5.79. The number of fused-ring (bicyclic) bond motifs is 1. The van der Waals surface area contributed by atoms with E-state index in [1.807, 2.05) is 6.92 Å². The molecule has 2 heterocycles. The van der Waals surface area contributed by atoms with Crippen LogP contribution in [0.15, 0.2) is 0 Å². The Morgan fingerprint density at radius 2 is 2.23 bits per heavy atom. The Morgan fingerprint density at radius 1 is 1.45 bits per heavy atom. The molecule has 3 rings (SSSR count). The van der Waals surface area contributed by atoms with E-state index in [4.69, 9.17) is 0 Å². The predicted molar refractivity (Wildman–Crippen MR) is 79.6 cm³/mol. The highest BCUT2D eigenvalue weighted by atomic mass is 16.2. The summed E-state index contributed by atoms with van der Waals surface area (Å²) >= 11 is 0. The van der Waals surface area contributed by atoms with Gasteiger partial charge in [-0.2, -0.15) is 5.26 Å². The predicted octanol–water partition coefficient (Wildman–Crippen LogP) is 0.465. The first-order chi connectivity index (χ1) is 10.6. The molecule has 0 saturated heterocycles. The lowest BCUT2D eigenvalue weighted by atomic mass is 9.98. The summed E-state index contributed by atoms with van der Waals surface area (Å²) < 4.78 is 2.14. The van der Waals surface area contributed by atoms with Gasteiger partial charge in [0.05, 0.1) is 19.2 Å². The molecule has 0 bridgehead atoms. The van der Waals surface area contributed by atoms with E-state index in [0.717, 1.165) is 44.0 Å². The summed E-state index contributed by atoms with van der Waals surface area (Å²) in [6.07, 6.45) is 2.92. The number of amides is 1. The van der Waals surface area contributed by atoms with E-state index in [1.54, 1.807) is 0 Å². The molecule has 1 atom stereocenters. The van der Waals surface area contributed by atoms with Gasteiger partial charge < -0.3 is 9.88 Å². The van der Waals surface area contributed by atoms with Gasteiger partial charge in [0.1, 0.15) is 17.2 Å². The quantitative estimate of drug-likeness (QED) is 0.854. The van der Waals surface area contributed by atoms with Gasteiger partial charge in [-0.25, -0.2) is 0 Å². The van der Waals surface area contributed by atoms with E-state index in [1.165, 1.54) is 0 Å². The molecule has 0 radical (unpaired) electrons. The highest BCUT2D eigenvalue weighted by Crippen LogP contribution is 2.39. The van der Waals surface area contributed by atoms with E-state index in [0.29, 0.717) is 19.0 Å². The van der Waals surface area contributed by atoms with Crippen molar-refractivity contribution in [1.29, 1.82) is 5.26 Å². The van der Waals surface area contributed by atoms with Crippen LogP contribution in [0, 0.1) is 17.2 Å². The fraction of sp³-hybridized carbons (Fsp3) is 0.733. The second kappa shape index (κ2) is 5.69. The van der Waals surface area contributed by atoms with Gasteiger partial charge in [-0.05, 0) is 25.7 Å². The summed E-state index contributed by atoms with van der Waals surface area (Å²) in [7, 11) is 0. The zero-order chi connectivity index (χ0) is 15.7. The van der Waals surface area contributed by atoms with Crippen LogP contribution in [0.4, 0.5) is 0 Å². The van der Waals surface area contributed by atoms with Gasteiger partial charge in [0.15, 0.2) is 0 Å². The average Bonchev–Trinajstić information content (AvgIpc) is 3.28. The number of hydrogen-bond acceptors (Lipinski definition) is 5. The molecule has 1 N–H and O–H groups in total. The Balaban J connectivity index is 1.58.